The van der Waals surface area contributed by atoms with E-state index < -0.39 is 6.61 Å². The molecule has 0 bridgehead atoms. The fraction of sp³-hybridized carbons (Fsp3) is 0.474. The maximum Gasteiger partial charge on any atom is 0.188 e. The van der Waals surface area contributed by atoms with Crippen LogP contribution in [0.2, 0.25) is 0 Å². The van der Waals surface area contributed by atoms with Crippen LogP contribution in [-0.2, 0) is 13.1 Å². The normalized spacial score (nSPS) is 22.2. The van der Waals surface area contributed by atoms with E-state index >= 15 is 0 Å². The molecule has 2 heterocycles. The van der Waals surface area contributed by atoms with Gasteiger partial charge in [0.05, 0.1) is 5.69 Å². The van der Waals surface area contributed by atoms with Crippen LogP contribution >= 0.6 is 0 Å². The molecule has 2 atom stereocenters. The molecule has 1 aromatic heterocycles. The minimum Gasteiger partial charge on any atom is -0.451 e. The van der Waals surface area contributed by atoms with Gasteiger partial charge >= 0.3 is 0 Å². The average molecular weight is 343 g/mol. The molecule has 1 aliphatic heterocycles. The molecule has 6 heteroatoms. The van der Waals surface area contributed by atoms with Crippen LogP contribution in [0.1, 0.15) is 35.5 Å². The Balaban J connectivity index is 1.59. The highest BCUT2D eigenvalue weighted by atomic mass is 16.3. The fourth-order valence-corrected chi connectivity index (χ4v) is 3.56. The molecular weight excluding hydrogens is 318 g/mol. The van der Waals surface area contributed by atoms with E-state index in [1.54, 1.807) is 18.4 Å². The minimum absolute atomic E-state index is 0.240. The van der Waals surface area contributed by atoms with Gasteiger partial charge in [-0.3, -0.25) is 14.6 Å². The molecule has 0 amide bonds. The van der Waals surface area contributed by atoms with Crippen molar-refractivity contribution in [1.29, 1.82) is 0 Å². The molecule has 2 aromatic rings. The van der Waals surface area contributed by atoms with Crippen molar-refractivity contribution in [3.63, 3.8) is 0 Å². The van der Waals surface area contributed by atoms with Gasteiger partial charge in [0.15, 0.2) is 12.2 Å². The number of ketones is 1. The third-order valence-electron chi connectivity index (χ3n) is 4.83. The zero-order valence-corrected chi connectivity index (χ0v) is 14.8. The van der Waals surface area contributed by atoms with Crippen molar-refractivity contribution in [3.05, 3.63) is 53.7 Å². The highest BCUT2D eigenvalue weighted by Crippen LogP contribution is 2.20. The standard InChI is InChI=1S/C19H25N3O3/c1-14-7-21(8-15(2)22(14)10-18-12-25-13-20-18)9-16-3-5-17(6-4-16)19(24)11-23/h3-6,12-15,23H,7-11H2,1-2H3/t14-,15+. The first-order chi connectivity index (χ1) is 12.1. The number of Topliss-reactive ketones (excluding diaryl/α,β-unsaturated/α-hetero) is 1. The summed E-state index contributed by atoms with van der Waals surface area (Å²) in [5.74, 6) is -0.240. The first-order valence-electron chi connectivity index (χ1n) is 8.65. The van der Waals surface area contributed by atoms with Gasteiger partial charge < -0.3 is 9.52 Å². The molecular formula is C19H25N3O3. The van der Waals surface area contributed by atoms with Crippen molar-refractivity contribution >= 4 is 5.78 Å². The summed E-state index contributed by atoms with van der Waals surface area (Å²) in [6, 6.07) is 8.38. The molecule has 6 nitrogen and oxygen atoms in total. The van der Waals surface area contributed by atoms with E-state index in [1.165, 1.54) is 12.0 Å². The molecule has 1 fully saturated rings. The molecule has 25 heavy (non-hydrogen) atoms. The van der Waals surface area contributed by atoms with Gasteiger partial charge in [-0.2, -0.15) is 0 Å². The quantitative estimate of drug-likeness (QED) is 0.809. The Bertz CT molecular complexity index is 672. The molecule has 0 spiro atoms. The zero-order chi connectivity index (χ0) is 17.8. The first kappa shape index (κ1) is 17.8. The predicted octanol–water partition coefficient (Wildman–Crippen LogP) is 1.94. The fourth-order valence-electron chi connectivity index (χ4n) is 3.56. The third-order valence-corrected chi connectivity index (χ3v) is 4.83. The maximum absolute atomic E-state index is 11.5. The van der Waals surface area contributed by atoms with Crippen LogP contribution in [0.15, 0.2) is 41.3 Å². The number of aliphatic hydroxyl groups excluding tert-OH is 1. The Morgan fingerprint density at radius 1 is 1.20 bits per heavy atom. The second-order valence-electron chi connectivity index (χ2n) is 6.82. The van der Waals surface area contributed by atoms with Crippen LogP contribution < -0.4 is 0 Å². The third kappa shape index (κ3) is 4.34. The summed E-state index contributed by atoms with van der Waals surface area (Å²) in [6.07, 6.45) is 3.19. The van der Waals surface area contributed by atoms with Crippen molar-refractivity contribution < 1.29 is 14.3 Å². The summed E-state index contributed by atoms with van der Waals surface area (Å²) in [4.78, 5) is 20.6. The highest BCUT2D eigenvalue weighted by Gasteiger charge is 2.29. The Kier molecular flexibility index (Phi) is 5.63. The molecule has 0 saturated carbocycles. The summed E-state index contributed by atoms with van der Waals surface area (Å²) in [5.41, 5.74) is 2.71. The molecule has 1 N–H and O–H groups in total. The molecule has 134 valence electrons. The van der Waals surface area contributed by atoms with Gasteiger partial charge in [0.1, 0.15) is 12.9 Å². The van der Waals surface area contributed by atoms with Crippen LogP contribution in [0.3, 0.4) is 0 Å². The molecule has 1 aliphatic rings. The van der Waals surface area contributed by atoms with Crippen molar-refractivity contribution in [1.82, 2.24) is 14.8 Å². The number of carbonyl (C=O) groups is 1. The van der Waals surface area contributed by atoms with Gasteiger partial charge in [0.2, 0.25) is 0 Å². The van der Waals surface area contributed by atoms with E-state index in [2.05, 4.69) is 28.6 Å². The topological polar surface area (TPSA) is 69.8 Å². The highest BCUT2D eigenvalue weighted by molar-refractivity contribution is 5.96. The number of hydrogen-bond donors (Lipinski definition) is 1. The Labute approximate surface area is 148 Å². The first-order valence-corrected chi connectivity index (χ1v) is 8.65. The SMILES string of the molecule is C[C@@H]1CN(Cc2ccc(C(=O)CO)cc2)C[C@H](C)N1Cc1cocn1. The summed E-state index contributed by atoms with van der Waals surface area (Å²) in [5, 5.41) is 8.92. The van der Waals surface area contributed by atoms with Crippen molar-refractivity contribution in [2.45, 2.75) is 39.0 Å². The van der Waals surface area contributed by atoms with Crippen LogP contribution in [-0.4, -0.2) is 57.5 Å². The van der Waals surface area contributed by atoms with E-state index in [0.29, 0.717) is 17.6 Å². The lowest BCUT2D eigenvalue weighted by Crippen LogP contribution is -2.55. The number of benzene rings is 1. The number of rotatable bonds is 6. The monoisotopic (exact) mass is 343 g/mol. The number of hydrogen-bond acceptors (Lipinski definition) is 6. The number of aliphatic hydroxyl groups is 1. The Morgan fingerprint density at radius 3 is 2.44 bits per heavy atom. The maximum atomic E-state index is 11.5. The smallest absolute Gasteiger partial charge is 0.188 e. The van der Waals surface area contributed by atoms with Crippen LogP contribution in [0.4, 0.5) is 0 Å². The summed E-state index contributed by atoms with van der Waals surface area (Å²) < 4.78 is 5.07. The lowest BCUT2D eigenvalue weighted by molar-refractivity contribution is 0.0281. The second kappa shape index (κ2) is 7.91. The summed E-state index contributed by atoms with van der Waals surface area (Å²) in [7, 11) is 0. The number of nitrogens with zero attached hydrogens (tertiary/aromatic N) is 3. The molecule has 0 radical (unpaired) electrons. The summed E-state index contributed by atoms with van der Waals surface area (Å²) in [6.45, 7) is 7.68. The number of carbonyl (C=O) groups excluding carboxylic acids is 1. The van der Waals surface area contributed by atoms with Gasteiger partial charge in [-0.1, -0.05) is 24.3 Å². The van der Waals surface area contributed by atoms with Crippen molar-refractivity contribution in [2.75, 3.05) is 19.7 Å². The molecule has 0 unspecified atom stereocenters. The largest absolute Gasteiger partial charge is 0.451 e. The van der Waals surface area contributed by atoms with Crippen molar-refractivity contribution in [2.24, 2.45) is 0 Å². The minimum atomic E-state index is -0.443. The van der Waals surface area contributed by atoms with E-state index in [4.69, 9.17) is 9.52 Å². The molecule has 1 saturated heterocycles. The van der Waals surface area contributed by atoms with E-state index in [-0.39, 0.29) is 5.78 Å². The van der Waals surface area contributed by atoms with Crippen LogP contribution in [0.25, 0.3) is 0 Å². The van der Waals surface area contributed by atoms with E-state index in [1.807, 2.05) is 12.1 Å². The lowest BCUT2D eigenvalue weighted by Gasteiger charge is -2.44. The second-order valence-corrected chi connectivity index (χ2v) is 6.82. The number of piperazine rings is 1. The lowest BCUT2D eigenvalue weighted by atomic mass is 10.0. The molecule has 3 rings (SSSR count). The van der Waals surface area contributed by atoms with Gasteiger partial charge in [-0.15, -0.1) is 0 Å². The van der Waals surface area contributed by atoms with Gasteiger partial charge in [0, 0.05) is 43.8 Å². The molecule has 1 aromatic carbocycles. The molecule has 0 aliphatic carbocycles. The van der Waals surface area contributed by atoms with E-state index in [0.717, 1.165) is 31.9 Å². The van der Waals surface area contributed by atoms with Gasteiger partial charge in [-0.25, -0.2) is 4.98 Å². The summed E-state index contributed by atoms with van der Waals surface area (Å²) >= 11 is 0. The predicted molar refractivity (Wildman–Crippen MR) is 94.1 cm³/mol. The van der Waals surface area contributed by atoms with Gasteiger partial charge in [-0.05, 0) is 19.4 Å². The van der Waals surface area contributed by atoms with Crippen LogP contribution in [0, 0.1) is 0 Å². The van der Waals surface area contributed by atoms with E-state index in [9.17, 15) is 4.79 Å². The average Bonchev–Trinajstić information content (AvgIpc) is 3.11. The Morgan fingerprint density at radius 2 is 1.88 bits per heavy atom. The number of oxazole rings is 1. The number of aromatic nitrogens is 1. The Hall–Kier alpha value is -2.02. The van der Waals surface area contributed by atoms with Crippen molar-refractivity contribution in [3.8, 4) is 0 Å². The van der Waals surface area contributed by atoms with Crippen LogP contribution in [0.5, 0.6) is 0 Å². The van der Waals surface area contributed by atoms with Gasteiger partial charge in [0.25, 0.3) is 0 Å². The zero-order valence-electron chi connectivity index (χ0n) is 14.8.